The van der Waals surface area contributed by atoms with E-state index in [0.717, 1.165) is 54.1 Å². The van der Waals surface area contributed by atoms with Crippen LogP contribution in [0.4, 0.5) is 5.69 Å². The van der Waals surface area contributed by atoms with Crippen molar-refractivity contribution in [3.63, 3.8) is 0 Å². The monoisotopic (exact) mass is 458 g/mol. The molecule has 34 heavy (non-hydrogen) atoms. The molecule has 5 rings (SSSR count). The van der Waals surface area contributed by atoms with Crippen molar-refractivity contribution in [1.29, 1.82) is 0 Å². The molecule has 0 spiro atoms. The Kier molecular flexibility index (Phi) is 6.46. The second kappa shape index (κ2) is 9.67. The zero-order chi connectivity index (χ0) is 23.7. The quantitative estimate of drug-likeness (QED) is 0.525. The molecule has 2 aliphatic rings. The molecule has 2 heterocycles. The third kappa shape index (κ3) is 4.76. The summed E-state index contributed by atoms with van der Waals surface area (Å²) in [4.78, 5) is 15.7. The molecule has 0 saturated carbocycles. The number of nitrogens with one attached hydrogen (secondary N) is 1. The fourth-order valence-corrected chi connectivity index (χ4v) is 5.35. The van der Waals surface area contributed by atoms with E-state index in [9.17, 15) is 9.90 Å². The van der Waals surface area contributed by atoms with Crippen molar-refractivity contribution in [2.45, 2.75) is 64.5 Å². The number of aliphatic hydroxyl groups excluding tert-OH is 1. The van der Waals surface area contributed by atoms with E-state index < -0.39 is 6.10 Å². The minimum absolute atomic E-state index is 0.0586. The molecule has 1 amide bonds. The summed E-state index contributed by atoms with van der Waals surface area (Å²) in [7, 11) is 0. The number of fused-ring (bicyclic) bond motifs is 1. The predicted molar refractivity (Wildman–Crippen MR) is 134 cm³/mol. The van der Waals surface area contributed by atoms with Crippen LogP contribution in [0.25, 0.3) is 0 Å². The van der Waals surface area contributed by atoms with Crippen molar-refractivity contribution in [3.05, 3.63) is 87.9 Å². The number of aliphatic hydroxyl groups is 1. The first-order chi connectivity index (χ1) is 16.5. The Morgan fingerprint density at radius 2 is 1.91 bits per heavy atom. The average molecular weight is 459 g/mol. The van der Waals surface area contributed by atoms with E-state index in [-0.39, 0.29) is 18.4 Å². The van der Waals surface area contributed by atoms with Gasteiger partial charge in [-0.1, -0.05) is 30.3 Å². The number of rotatable bonds is 6. The summed E-state index contributed by atoms with van der Waals surface area (Å²) in [5.74, 6) is 1.52. The Labute approximate surface area is 201 Å². The molecule has 1 fully saturated rings. The summed E-state index contributed by atoms with van der Waals surface area (Å²) < 4.78 is 6.03. The van der Waals surface area contributed by atoms with Crippen molar-refractivity contribution >= 4 is 11.6 Å². The van der Waals surface area contributed by atoms with Gasteiger partial charge in [0, 0.05) is 24.3 Å². The summed E-state index contributed by atoms with van der Waals surface area (Å²) in [5.41, 5.74) is 6.54. The molecule has 178 valence electrons. The standard InChI is InChI=1S/C29H34N2O3/c1-19-6-11-23(25(16-19)31-14-4-3-5-15-31)29(27-13-7-20(2)34-27)30-28(33)18-21-8-9-22-10-12-26(32)24(22)17-21/h6-9,11,13,16-17,26,29,32H,3-5,10,12,14-15,18H2,1-2H3,(H,30,33). The molecule has 0 radical (unpaired) electrons. The number of carbonyl (C=O) groups excluding carboxylic acids is 1. The van der Waals surface area contributed by atoms with Crippen LogP contribution in [0.3, 0.4) is 0 Å². The number of benzene rings is 2. The molecule has 2 atom stereocenters. The number of aryl methyl sites for hydroxylation is 3. The molecular weight excluding hydrogens is 424 g/mol. The van der Waals surface area contributed by atoms with Crippen molar-refractivity contribution < 1.29 is 14.3 Å². The van der Waals surface area contributed by atoms with Crippen LogP contribution in [-0.2, 0) is 17.6 Å². The lowest BCUT2D eigenvalue weighted by atomic mass is 9.97. The molecule has 1 aromatic heterocycles. The lowest BCUT2D eigenvalue weighted by Crippen LogP contribution is -2.34. The number of nitrogens with zero attached hydrogens (tertiary/aromatic N) is 1. The molecule has 2 unspecified atom stereocenters. The Morgan fingerprint density at radius 1 is 1.09 bits per heavy atom. The van der Waals surface area contributed by atoms with Crippen LogP contribution in [0.15, 0.2) is 52.9 Å². The highest BCUT2D eigenvalue weighted by Crippen LogP contribution is 2.35. The van der Waals surface area contributed by atoms with E-state index in [1.54, 1.807) is 0 Å². The maximum atomic E-state index is 13.3. The van der Waals surface area contributed by atoms with Gasteiger partial charge in [0.2, 0.25) is 5.91 Å². The van der Waals surface area contributed by atoms with Crippen molar-refractivity contribution in [2.24, 2.45) is 0 Å². The van der Waals surface area contributed by atoms with Crippen LogP contribution in [0, 0.1) is 13.8 Å². The lowest BCUT2D eigenvalue weighted by Gasteiger charge is -2.32. The summed E-state index contributed by atoms with van der Waals surface area (Å²) in [6.45, 7) is 6.11. The molecule has 2 N–H and O–H groups in total. The Balaban J connectivity index is 1.44. The van der Waals surface area contributed by atoms with Crippen LogP contribution in [0.5, 0.6) is 0 Å². The minimum atomic E-state index is -0.420. The van der Waals surface area contributed by atoms with Gasteiger partial charge in [0.15, 0.2) is 0 Å². The molecule has 0 bridgehead atoms. The van der Waals surface area contributed by atoms with Gasteiger partial charge in [-0.15, -0.1) is 0 Å². The normalized spacial score (nSPS) is 18.6. The summed E-state index contributed by atoms with van der Waals surface area (Å²) in [6.07, 6.45) is 5.15. The summed E-state index contributed by atoms with van der Waals surface area (Å²) in [6, 6.07) is 16.1. The van der Waals surface area contributed by atoms with E-state index in [2.05, 4.69) is 41.4 Å². The third-order valence-corrected chi connectivity index (χ3v) is 7.17. The van der Waals surface area contributed by atoms with Gasteiger partial charge in [0.1, 0.15) is 17.6 Å². The van der Waals surface area contributed by atoms with Gasteiger partial charge in [-0.2, -0.15) is 0 Å². The van der Waals surface area contributed by atoms with E-state index in [0.29, 0.717) is 0 Å². The third-order valence-electron chi connectivity index (χ3n) is 7.17. The Morgan fingerprint density at radius 3 is 2.68 bits per heavy atom. The highest BCUT2D eigenvalue weighted by Gasteiger charge is 2.26. The molecule has 5 nitrogen and oxygen atoms in total. The SMILES string of the molecule is Cc1ccc(C(NC(=O)Cc2ccc3c(c2)C(O)CC3)c2ccc(C)o2)c(N2CCCCC2)c1. The number of amides is 1. The number of piperidine rings is 1. The molecule has 1 aliphatic heterocycles. The highest BCUT2D eigenvalue weighted by molar-refractivity contribution is 5.80. The minimum Gasteiger partial charge on any atom is -0.464 e. The van der Waals surface area contributed by atoms with Crippen LogP contribution >= 0.6 is 0 Å². The number of carbonyl (C=O) groups is 1. The van der Waals surface area contributed by atoms with Crippen LogP contribution in [0.1, 0.15) is 77.2 Å². The lowest BCUT2D eigenvalue weighted by molar-refractivity contribution is -0.121. The first kappa shape index (κ1) is 22.7. The fraction of sp³-hybridized carbons (Fsp3) is 0.414. The van der Waals surface area contributed by atoms with Gasteiger partial charge in [-0.25, -0.2) is 0 Å². The van der Waals surface area contributed by atoms with Crippen LogP contribution in [0.2, 0.25) is 0 Å². The zero-order valence-electron chi connectivity index (χ0n) is 20.1. The van der Waals surface area contributed by atoms with E-state index in [1.165, 1.54) is 36.1 Å². The molecule has 1 aliphatic carbocycles. The van der Waals surface area contributed by atoms with Gasteiger partial charge in [-0.3, -0.25) is 4.79 Å². The van der Waals surface area contributed by atoms with Crippen molar-refractivity contribution in [2.75, 3.05) is 18.0 Å². The first-order valence-electron chi connectivity index (χ1n) is 12.5. The fourth-order valence-electron chi connectivity index (χ4n) is 5.35. The first-order valence-corrected chi connectivity index (χ1v) is 12.5. The van der Waals surface area contributed by atoms with Gasteiger partial charge in [0.25, 0.3) is 0 Å². The second-order valence-corrected chi connectivity index (χ2v) is 9.82. The molecule has 3 aromatic rings. The molecule has 5 heteroatoms. The number of anilines is 1. The maximum Gasteiger partial charge on any atom is 0.225 e. The van der Waals surface area contributed by atoms with Crippen molar-refractivity contribution in [3.8, 4) is 0 Å². The Bertz CT molecular complexity index is 1180. The van der Waals surface area contributed by atoms with E-state index >= 15 is 0 Å². The van der Waals surface area contributed by atoms with Crippen LogP contribution < -0.4 is 10.2 Å². The van der Waals surface area contributed by atoms with Crippen molar-refractivity contribution in [1.82, 2.24) is 5.32 Å². The molecular formula is C29H34N2O3. The second-order valence-electron chi connectivity index (χ2n) is 9.82. The zero-order valence-corrected chi connectivity index (χ0v) is 20.1. The number of furan rings is 1. The van der Waals surface area contributed by atoms with Gasteiger partial charge in [0.05, 0.1) is 12.5 Å². The summed E-state index contributed by atoms with van der Waals surface area (Å²) in [5, 5.41) is 13.5. The van der Waals surface area contributed by atoms with Crippen LogP contribution in [-0.4, -0.2) is 24.1 Å². The molecule has 2 aromatic carbocycles. The van der Waals surface area contributed by atoms with E-state index in [4.69, 9.17) is 4.42 Å². The smallest absolute Gasteiger partial charge is 0.225 e. The van der Waals surface area contributed by atoms with Gasteiger partial charge >= 0.3 is 0 Å². The van der Waals surface area contributed by atoms with Gasteiger partial charge in [-0.05, 0) is 86.4 Å². The van der Waals surface area contributed by atoms with E-state index in [1.807, 2.05) is 31.2 Å². The topological polar surface area (TPSA) is 65.7 Å². The predicted octanol–water partition coefficient (Wildman–Crippen LogP) is 5.31. The largest absolute Gasteiger partial charge is 0.464 e. The van der Waals surface area contributed by atoms with Gasteiger partial charge < -0.3 is 19.7 Å². The summed E-state index contributed by atoms with van der Waals surface area (Å²) >= 11 is 0. The maximum absolute atomic E-state index is 13.3. The highest BCUT2D eigenvalue weighted by atomic mass is 16.3. The number of hydrogen-bond donors (Lipinski definition) is 2. The number of hydrogen-bond acceptors (Lipinski definition) is 4. The average Bonchev–Trinajstić information content (AvgIpc) is 3.44. The Hall–Kier alpha value is -3.05. The molecule has 1 saturated heterocycles.